The molecular formula is C11H25N2O3P. The van der Waals surface area contributed by atoms with Gasteiger partial charge in [0.25, 0.3) is 7.52 Å². The second-order valence-corrected chi connectivity index (χ2v) is 6.66. The van der Waals surface area contributed by atoms with Crippen LogP contribution in [0.5, 0.6) is 0 Å². The van der Waals surface area contributed by atoms with Crippen LogP contribution in [0.25, 0.3) is 0 Å². The highest BCUT2D eigenvalue weighted by Crippen LogP contribution is 2.46. The van der Waals surface area contributed by atoms with E-state index >= 15 is 0 Å². The zero-order chi connectivity index (χ0) is 12.7. The SMILES string of the molecule is CCN(CC)CCOP(C)(=O)N1CCOCC1. The monoisotopic (exact) mass is 264 g/mol. The molecule has 1 rings (SSSR count). The van der Waals surface area contributed by atoms with Crippen LogP contribution in [0, 0.1) is 0 Å². The van der Waals surface area contributed by atoms with Crippen molar-refractivity contribution in [1.29, 1.82) is 0 Å². The molecule has 1 saturated heterocycles. The Morgan fingerprint density at radius 1 is 1.29 bits per heavy atom. The number of hydrogen-bond acceptors (Lipinski definition) is 4. The molecule has 0 aliphatic carbocycles. The number of morpholine rings is 1. The van der Waals surface area contributed by atoms with Gasteiger partial charge >= 0.3 is 0 Å². The first-order valence-electron chi connectivity index (χ1n) is 6.37. The molecule has 5 nitrogen and oxygen atoms in total. The van der Waals surface area contributed by atoms with Crippen LogP contribution in [0.1, 0.15) is 13.8 Å². The number of hydrogen-bond donors (Lipinski definition) is 0. The molecule has 1 unspecified atom stereocenters. The van der Waals surface area contributed by atoms with Crippen molar-refractivity contribution in [3.8, 4) is 0 Å². The Morgan fingerprint density at radius 2 is 1.88 bits per heavy atom. The van der Waals surface area contributed by atoms with Crippen molar-refractivity contribution in [2.45, 2.75) is 13.8 Å². The third-order valence-corrected chi connectivity index (χ3v) is 5.22. The van der Waals surface area contributed by atoms with Gasteiger partial charge in [-0.25, -0.2) is 4.67 Å². The first-order valence-corrected chi connectivity index (χ1v) is 8.40. The van der Waals surface area contributed by atoms with E-state index in [0.29, 0.717) is 32.9 Å². The maximum Gasteiger partial charge on any atom is 0.269 e. The molecule has 1 fully saturated rings. The first-order chi connectivity index (χ1) is 8.10. The molecule has 0 saturated carbocycles. The Hall–Kier alpha value is 0.0700. The zero-order valence-electron chi connectivity index (χ0n) is 11.2. The molecule has 1 heterocycles. The van der Waals surface area contributed by atoms with E-state index in [-0.39, 0.29) is 0 Å². The van der Waals surface area contributed by atoms with Crippen LogP contribution in [0.2, 0.25) is 0 Å². The highest BCUT2D eigenvalue weighted by atomic mass is 31.2. The van der Waals surface area contributed by atoms with Crippen molar-refractivity contribution in [3.05, 3.63) is 0 Å². The second kappa shape index (κ2) is 7.49. The Labute approximate surface area is 105 Å². The van der Waals surface area contributed by atoms with Gasteiger partial charge in [0.1, 0.15) is 0 Å². The van der Waals surface area contributed by atoms with Crippen LogP contribution < -0.4 is 0 Å². The lowest BCUT2D eigenvalue weighted by atomic mass is 10.5. The molecule has 0 aromatic heterocycles. The topological polar surface area (TPSA) is 42.0 Å². The van der Waals surface area contributed by atoms with Crippen molar-refractivity contribution >= 4 is 7.52 Å². The molecule has 0 aromatic rings. The van der Waals surface area contributed by atoms with Crippen molar-refractivity contribution in [2.75, 3.05) is 59.2 Å². The summed E-state index contributed by atoms with van der Waals surface area (Å²) >= 11 is 0. The molecule has 0 bridgehead atoms. The van der Waals surface area contributed by atoms with E-state index in [1.165, 1.54) is 0 Å². The third-order valence-electron chi connectivity index (χ3n) is 3.13. The normalized spacial score (nSPS) is 21.6. The van der Waals surface area contributed by atoms with Crippen LogP contribution >= 0.6 is 7.52 Å². The predicted octanol–water partition coefficient (Wildman–Crippen LogP) is 1.50. The average molecular weight is 264 g/mol. The maximum absolute atomic E-state index is 12.4. The number of nitrogens with zero attached hydrogens (tertiary/aromatic N) is 2. The van der Waals surface area contributed by atoms with Gasteiger partial charge in [0, 0.05) is 26.3 Å². The molecule has 0 amide bonds. The van der Waals surface area contributed by atoms with Crippen molar-refractivity contribution < 1.29 is 13.8 Å². The van der Waals surface area contributed by atoms with Gasteiger partial charge in [-0.05, 0) is 13.1 Å². The Kier molecular flexibility index (Phi) is 6.67. The largest absolute Gasteiger partial charge is 0.379 e. The lowest BCUT2D eigenvalue weighted by Gasteiger charge is -2.32. The minimum Gasteiger partial charge on any atom is -0.379 e. The van der Waals surface area contributed by atoms with Gasteiger partial charge < -0.3 is 14.2 Å². The van der Waals surface area contributed by atoms with Crippen molar-refractivity contribution in [1.82, 2.24) is 9.57 Å². The highest BCUT2D eigenvalue weighted by Gasteiger charge is 2.27. The lowest BCUT2D eigenvalue weighted by molar-refractivity contribution is 0.0644. The van der Waals surface area contributed by atoms with Gasteiger partial charge in [0.15, 0.2) is 0 Å². The van der Waals surface area contributed by atoms with Gasteiger partial charge in [-0.1, -0.05) is 13.8 Å². The molecule has 1 aliphatic heterocycles. The fourth-order valence-electron chi connectivity index (χ4n) is 1.88. The van der Waals surface area contributed by atoms with E-state index in [2.05, 4.69) is 18.7 Å². The second-order valence-electron chi connectivity index (χ2n) is 4.23. The summed E-state index contributed by atoms with van der Waals surface area (Å²) in [4.78, 5) is 2.26. The Balaban J connectivity index is 2.30. The van der Waals surface area contributed by atoms with Gasteiger partial charge in [0.2, 0.25) is 0 Å². The summed E-state index contributed by atoms with van der Waals surface area (Å²) in [5, 5.41) is 0. The summed E-state index contributed by atoms with van der Waals surface area (Å²) < 4.78 is 25.1. The van der Waals surface area contributed by atoms with Crippen molar-refractivity contribution in [3.63, 3.8) is 0 Å². The number of ether oxygens (including phenoxy) is 1. The molecule has 0 N–H and O–H groups in total. The van der Waals surface area contributed by atoms with E-state index in [4.69, 9.17) is 9.26 Å². The molecule has 0 radical (unpaired) electrons. The lowest BCUT2D eigenvalue weighted by Crippen LogP contribution is -2.35. The van der Waals surface area contributed by atoms with Gasteiger partial charge in [-0.15, -0.1) is 0 Å². The van der Waals surface area contributed by atoms with Crippen LogP contribution in [-0.4, -0.2) is 68.8 Å². The summed E-state index contributed by atoms with van der Waals surface area (Å²) in [6, 6.07) is 0. The highest BCUT2D eigenvalue weighted by molar-refractivity contribution is 7.55. The average Bonchev–Trinajstić information content (AvgIpc) is 2.36. The quantitative estimate of drug-likeness (QED) is 0.652. The van der Waals surface area contributed by atoms with Crippen LogP contribution in [0.3, 0.4) is 0 Å². The van der Waals surface area contributed by atoms with E-state index in [9.17, 15) is 4.57 Å². The summed E-state index contributed by atoms with van der Waals surface area (Å²) in [7, 11) is -2.62. The van der Waals surface area contributed by atoms with E-state index in [0.717, 1.165) is 19.6 Å². The molecular weight excluding hydrogens is 239 g/mol. The van der Waals surface area contributed by atoms with Crippen LogP contribution in [0.15, 0.2) is 0 Å². The van der Waals surface area contributed by atoms with E-state index in [1.54, 1.807) is 6.66 Å². The van der Waals surface area contributed by atoms with E-state index in [1.807, 2.05) is 4.67 Å². The molecule has 1 atom stereocenters. The van der Waals surface area contributed by atoms with Gasteiger partial charge in [-0.2, -0.15) is 0 Å². The zero-order valence-corrected chi connectivity index (χ0v) is 12.1. The predicted molar refractivity (Wildman–Crippen MR) is 69.7 cm³/mol. The fourth-order valence-corrected chi connectivity index (χ4v) is 3.35. The molecule has 17 heavy (non-hydrogen) atoms. The molecule has 1 aliphatic rings. The van der Waals surface area contributed by atoms with Crippen LogP contribution in [0.4, 0.5) is 0 Å². The minimum atomic E-state index is -2.62. The molecule has 102 valence electrons. The fraction of sp³-hybridized carbons (Fsp3) is 1.00. The molecule has 0 spiro atoms. The van der Waals surface area contributed by atoms with Gasteiger partial charge in [0.05, 0.1) is 19.8 Å². The van der Waals surface area contributed by atoms with Crippen molar-refractivity contribution in [2.24, 2.45) is 0 Å². The number of likely N-dealkylation sites (N-methyl/N-ethyl adjacent to an activating group) is 1. The van der Waals surface area contributed by atoms with E-state index < -0.39 is 7.52 Å². The molecule has 6 heteroatoms. The summed E-state index contributed by atoms with van der Waals surface area (Å²) in [5.74, 6) is 0. The summed E-state index contributed by atoms with van der Waals surface area (Å²) in [5.41, 5.74) is 0. The van der Waals surface area contributed by atoms with Crippen LogP contribution in [-0.2, 0) is 13.8 Å². The summed E-state index contributed by atoms with van der Waals surface area (Å²) in [6.45, 7) is 12.1. The molecule has 0 aromatic carbocycles. The maximum atomic E-state index is 12.4. The van der Waals surface area contributed by atoms with Gasteiger partial charge in [-0.3, -0.25) is 4.57 Å². The standard InChI is InChI=1S/C11H25N2O3P/c1-4-12(5-2)6-11-16-17(3,14)13-7-9-15-10-8-13/h4-11H2,1-3H3. The smallest absolute Gasteiger partial charge is 0.269 e. The summed E-state index contributed by atoms with van der Waals surface area (Å²) in [6.07, 6.45) is 0. The number of rotatable bonds is 7. The Morgan fingerprint density at radius 3 is 2.41 bits per heavy atom. The Bertz CT molecular complexity index is 253. The first kappa shape index (κ1) is 15.1. The minimum absolute atomic E-state index is 0.535. The third kappa shape index (κ3) is 5.06.